The van der Waals surface area contributed by atoms with Crippen molar-refractivity contribution in [1.29, 1.82) is 0 Å². The highest BCUT2D eigenvalue weighted by atomic mass is 35.5. The number of hydrogen-bond donors (Lipinski definition) is 3. The highest BCUT2D eigenvalue weighted by Crippen LogP contribution is 2.28. The van der Waals surface area contributed by atoms with Crippen molar-refractivity contribution in [3.05, 3.63) is 29.6 Å². The van der Waals surface area contributed by atoms with Gasteiger partial charge >= 0.3 is 0 Å². The van der Waals surface area contributed by atoms with Gasteiger partial charge in [-0.15, -0.1) is 23.7 Å². The number of carbonyl (C=O) groups is 1. The van der Waals surface area contributed by atoms with Crippen LogP contribution in [-0.2, 0) is 14.8 Å². The number of nitrogens with zero attached hydrogens (tertiary/aromatic N) is 1. The van der Waals surface area contributed by atoms with Crippen LogP contribution in [0.15, 0.2) is 29.6 Å². The fraction of sp³-hybridized carbons (Fsp3) is 0.412. The van der Waals surface area contributed by atoms with Gasteiger partial charge in [0.15, 0.2) is 5.13 Å². The average Bonchev–Trinajstić information content (AvgIpc) is 3.02. The van der Waals surface area contributed by atoms with Gasteiger partial charge < -0.3 is 11.1 Å². The van der Waals surface area contributed by atoms with E-state index < -0.39 is 10.0 Å². The Kier molecular flexibility index (Phi) is 7.21. The Morgan fingerprint density at radius 2 is 1.96 bits per heavy atom. The summed E-state index contributed by atoms with van der Waals surface area (Å²) in [5.74, 6) is -0.0683. The van der Waals surface area contributed by atoms with Crippen molar-refractivity contribution < 1.29 is 13.2 Å². The zero-order valence-electron chi connectivity index (χ0n) is 14.8. The molecule has 27 heavy (non-hydrogen) atoms. The first kappa shape index (κ1) is 21.6. The smallest absolute Gasteiger partial charge is 0.229 e. The third kappa shape index (κ3) is 6.17. The Balaban J connectivity index is 0.00000261. The maximum Gasteiger partial charge on any atom is 0.229 e. The predicted molar refractivity (Wildman–Crippen MR) is 112 cm³/mol. The summed E-state index contributed by atoms with van der Waals surface area (Å²) < 4.78 is 24.9. The Morgan fingerprint density at radius 1 is 1.26 bits per heavy atom. The summed E-state index contributed by atoms with van der Waals surface area (Å²) in [5.41, 5.74) is 8.03. The van der Waals surface area contributed by atoms with Gasteiger partial charge in [0.2, 0.25) is 15.9 Å². The molecule has 1 heterocycles. The minimum Gasteiger partial charge on any atom is -0.328 e. The molecule has 1 aromatic heterocycles. The van der Waals surface area contributed by atoms with Crippen LogP contribution in [0.1, 0.15) is 25.7 Å². The average molecular weight is 431 g/mol. The Labute approximate surface area is 169 Å². The van der Waals surface area contributed by atoms with Crippen LogP contribution in [0.25, 0.3) is 11.3 Å². The summed E-state index contributed by atoms with van der Waals surface area (Å²) in [7, 11) is -3.30. The standard InChI is InChI=1S/C17H22N4O3S2.ClH/c1-26(23,24)21-14-7-5-11(6-8-14)15-10-25-17(19-15)20-16(22)12-3-2-4-13(18)9-12;/h5-8,10,12-13,21H,2-4,9,18H2,1H3,(H,19,20,22);1H. The lowest BCUT2D eigenvalue weighted by molar-refractivity contribution is -0.120. The molecule has 0 aliphatic heterocycles. The highest BCUT2D eigenvalue weighted by Gasteiger charge is 2.25. The second-order valence-electron chi connectivity index (χ2n) is 6.60. The summed E-state index contributed by atoms with van der Waals surface area (Å²) >= 11 is 1.37. The van der Waals surface area contributed by atoms with E-state index in [4.69, 9.17) is 5.73 Å². The first-order chi connectivity index (χ1) is 12.3. The largest absolute Gasteiger partial charge is 0.328 e. The molecule has 148 valence electrons. The number of thiazole rings is 1. The van der Waals surface area contributed by atoms with Crippen molar-refractivity contribution >= 4 is 50.5 Å². The van der Waals surface area contributed by atoms with Gasteiger partial charge in [-0.2, -0.15) is 0 Å². The Hall–Kier alpha value is -1.68. The van der Waals surface area contributed by atoms with Crippen LogP contribution in [-0.4, -0.2) is 31.6 Å². The molecule has 0 saturated heterocycles. The molecule has 3 rings (SSSR count). The van der Waals surface area contributed by atoms with E-state index in [1.54, 1.807) is 24.3 Å². The van der Waals surface area contributed by atoms with Gasteiger partial charge in [0.25, 0.3) is 0 Å². The van der Waals surface area contributed by atoms with Crippen molar-refractivity contribution in [2.75, 3.05) is 16.3 Å². The van der Waals surface area contributed by atoms with E-state index in [1.807, 2.05) is 5.38 Å². The molecule has 10 heteroatoms. The number of halogens is 1. The van der Waals surface area contributed by atoms with Gasteiger partial charge in [-0.05, 0) is 31.4 Å². The number of nitrogens with two attached hydrogens (primary N) is 1. The van der Waals surface area contributed by atoms with Crippen molar-refractivity contribution in [3.8, 4) is 11.3 Å². The van der Waals surface area contributed by atoms with Gasteiger partial charge in [0.1, 0.15) is 0 Å². The molecule has 2 aromatic rings. The van der Waals surface area contributed by atoms with Crippen LogP contribution in [0, 0.1) is 5.92 Å². The van der Waals surface area contributed by atoms with E-state index >= 15 is 0 Å². The van der Waals surface area contributed by atoms with Crippen LogP contribution < -0.4 is 15.8 Å². The molecule has 1 aliphatic rings. The topological polar surface area (TPSA) is 114 Å². The molecule has 0 spiro atoms. The van der Waals surface area contributed by atoms with Gasteiger partial charge in [0, 0.05) is 28.6 Å². The second kappa shape index (κ2) is 9.01. The monoisotopic (exact) mass is 430 g/mol. The predicted octanol–water partition coefficient (Wildman–Crippen LogP) is 3.06. The third-order valence-electron chi connectivity index (χ3n) is 4.30. The van der Waals surface area contributed by atoms with Crippen molar-refractivity contribution in [3.63, 3.8) is 0 Å². The molecule has 0 bridgehead atoms. The normalized spacial score (nSPS) is 19.8. The second-order valence-corrected chi connectivity index (χ2v) is 9.21. The number of benzene rings is 1. The number of aromatic nitrogens is 1. The number of anilines is 2. The number of sulfonamides is 1. The zero-order chi connectivity index (χ0) is 18.7. The lowest BCUT2D eigenvalue weighted by atomic mass is 9.86. The van der Waals surface area contributed by atoms with Crippen molar-refractivity contribution in [2.24, 2.45) is 11.7 Å². The summed E-state index contributed by atoms with van der Waals surface area (Å²) in [5, 5.41) is 5.31. The molecular weight excluding hydrogens is 408 g/mol. The molecule has 1 amide bonds. The molecule has 0 radical (unpaired) electrons. The maximum absolute atomic E-state index is 12.4. The number of hydrogen-bond acceptors (Lipinski definition) is 6. The zero-order valence-corrected chi connectivity index (χ0v) is 17.3. The van der Waals surface area contributed by atoms with Crippen LogP contribution >= 0.6 is 23.7 Å². The molecule has 2 atom stereocenters. The molecule has 1 aromatic carbocycles. The Bertz CT molecular complexity index is 884. The molecule has 2 unspecified atom stereocenters. The molecule has 4 N–H and O–H groups in total. The summed E-state index contributed by atoms with van der Waals surface area (Å²) in [6.07, 6.45) is 4.66. The highest BCUT2D eigenvalue weighted by molar-refractivity contribution is 7.92. The molecule has 7 nitrogen and oxygen atoms in total. The molecule has 1 saturated carbocycles. The summed E-state index contributed by atoms with van der Waals surface area (Å²) in [6, 6.07) is 7.03. The van der Waals surface area contributed by atoms with Crippen LogP contribution in [0.2, 0.25) is 0 Å². The minimum absolute atomic E-state index is 0. The molecule has 1 aliphatic carbocycles. The molecular formula is C17H23ClN4O3S2. The quantitative estimate of drug-likeness (QED) is 0.674. The third-order valence-corrected chi connectivity index (χ3v) is 5.67. The van der Waals surface area contributed by atoms with Gasteiger partial charge in [-0.3, -0.25) is 9.52 Å². The fourth-order valence-corrected chi connectivity index (χ4v) is 4.35. The Morgan fingerprint density at radius 3 is 2.59 bits per heavy atom. The minimum atomic E-state index is -3.30. The van der Waals surface area contributed by atoms with E-state index in [9.17, 15) is 13.2 Å². The lowest BCUT2D eigenvalue weighted by Gasteiger charge is -2.25. The molecule has 1 fully saturated rings. The number of carbonyl (C=O) groups excluding carboxylic acids is 1. The van der Waals surface area contributed by atoms with Crippen LogP contribution in [0.5, 0.6) is 0 Å². The fourth-order valence-electron chi connectivity index (χ4n) is 3.06. The van der Waals surface area contributed by atoms with E-state index in [0.29, 0.717) is 10.8 Å². The SMILES string of the molecule is CS(=O)(=O)Nc1ccc(-c2csc(NC(=O)C3CCCC(N)C3)n2)cc1.Cl. The van der Waals surface area contributed by atoms with E-state index in [0.717, 1.165) is 43.2 Å². The summed E-state index contributed by atoms with van der Waals surface area (Å²) in [6.45, 7) is 0. The van der Waals surface area contributed by atoms with E-state index in [1.165, 1.54) is 11.3 Å². The maximum atomic E-state index is 12.4. The number of amides is 1. The van der Waals surface area contributed by atoms with Crippen LogP contribution in [0.4, 0.5) is 10.8 Å². The van der Waals surface area contributed by atoms with Gasteiger partial charge in [-0.1, -0.05) is 18.6 Å². The van der Waals surface area contributed by atoms with E-state index in [-0.39, 0.29) is 30.3 Å². The van der Waals surface area contributed by atoms with Gasteiger partial charge in [-0.25, -0.2) is 13.4 Å². The summed E-state index contributed by atoms with van der Waals surface area (Å²) in [4.78, 5) is 16.8. The first-order valence-corrected chi connectivity index (χ1v) is 11.2. The van der Waals surface area contributed by atoms with Crippen molar-refractivity contribution in [1.82, 2.24) is 4.98 Å². The van der Waals surface area contributed by atoms with Crippen LogP contribution in [0.3, 0.4) is 0 Å². The lowest BCUT2D eigenvalue weighted by Crippen LogP contribution is -2.34. The van der Waals surface area contributed by atoms with E-state index in [2.05, 4.69) is 15.0 Å². The first-order valence-electron chi connectivity index (χ1n) is 8.40. The van der Waals surface area contributed by atoms with Gasteiger partial charge in [0.05, 0.1) is 11.9 Å². The van der Waals surface area contributed by atoms with Crippen molar-refractivity contribution in [2.45, 2.75) is 31.7 Å². The number of rotatable bonds is 5. The number of nitrogens with one attached hydrogen (secondary N) is 2.